The van der Waals surface area contributed by atoms with Gasteiger partial charge < -0.3 is 4.84 Å². The monoisotopic (exact) mass is 205 g/mol. The SMILES string of the molecule is Cl.O=C(ON1CCCCC1)C1CC1. The summed E-state index contributed by atoms with van der Waals surface area (Å²) in [6, 6.07) is 0. The molecule has 1 saturated heterocycles. The molecule has 76 valence electrons. The average Bonchev–Trinajstić information content (AvgIpc) is 2.88. The molecule has 1 saturated carbocycles. The van der Waals surface area contributed by atoms with Crippen LogP contribution in [0.25, 0.3) is 0 Å². The lowest BCUT2D eigenvalue weighted by atomic mass is 10.2. The van der Waals surface area contributed by atoms with Crippen molar-refractivity contribution in [2.75, 3.05) is 13.1 Å². The minimum atomic E-state index is -0.00287. The van der Waals surface area contributed by atoms with Gasteiger partial charge in [0.25, 0.3) is 0 Å². The molecule has 2 aliphatic rings. The lowest BCUT2D eigenvalue weighted by Gasteiger charge is -2.24. The van der Waals surface area contributed by atoms with Gasteiger partial charge in [-0.05, 0) is 25.7 Å². The van der Waals surface area contributed by atoms with Crippen LogP contribution in [0, 0.1) is 5.92 Å². The predicted molar refractivity (Wildman–Crippen MR) is 51.5 cm³/mol. The van der Waals surface area contributed by atoms with Crippen LogP contribution < -0.4 is 0 Å². The largest absolute Gasteiger partial charge is 0.368 e. The Kier molecular flexibility index (Phi) is 4.00. The van der Waals surface area contributed by atoms with E-state index < -0.39 is 0 Å². The van der Waals surface area contributed by atoms with Crippen molar-refractivity contribution in [1.82, 2.24) is 5.06 Å². The van der Waals surface area contributed by atoms with E-state index in [1.165, 1.54) is 6.42 Å². The van der Waals surface area contributed by atoms with E-state index in [0.717, 1.165) is 38.8 Å². The molecule has 0 aromatic heterocycles. The first-order valence-corrected chi connectivity index (χ1v) is 4.83. The van der Waals surface area contributed by atoms with Crippen LogP contribution in [0.5, 0.6) is 0 Å². The molecule has 1 aliphatic heterocycles. The highest BCUT2D eigenvalue weighted by atomic mass is 35.5. The van der Waals surface area contributed by atoms with Crippen LogP contribution in [0.4, 0.5) is 0 Å². The first-order chi connectivity index (χ1) is 5.86. The third kappa shape index (κ3) is 3.16. The molecular weight excluding hydrogens is 190 g/mol. The molecule has 1 heterocycles. The van der Waals surface area contributed by atoms with Crippen molar-refractivity contribution in [2.45, 2.75) is 32.1 Å². The van der Waals surface area contributed by atoms with E-state index in [-0.39, 0.29) is 24.3 Å². The standard InChI is InChI=1S/C9H15NO2.ClH/c11-9(8-4-5-8)12-10-6-2-1-3-7-10;/h8H,1-7H2;1H. The number of piperidine rings is 1. The summed E-state index contributed by atoms with van der Waals surface area (Å²) in [4.78, 5) is 16.4. The van der Waals surface area contributed by atoms with Gasteiger partial charge in [-0.25, -0.2) is 0 Å². The molecule has 2 fully saturated rings. The summed E-state index contributed by atoms with van der Waals surface area (Å²) in [6.45, 7) is 1.86. The minimum Gasteiger partial charge on any atom is -0.368 e. The van der Waals surface area contributed by atoms with E-state index >= 15 is 0 Å². The summed E-state index contributed by atoms with van der Waals surface area (Å²) in [7, 11) is 0. The van der Waals surface area contributed by atoms with Crippen molar-refractivity contribution < 1.29 is 9.63 Å². The number of halogens is 1. The minimum absolute atomic E-state index is 0. The number of hydroxylamine groups is 2. The molecule has 0 aromatic rings. The van der Waals surface area contributed by atoms with E-state index in [9.17, 15) is 4.79 Å². The van der Waals surface area contributed by atoms with E-state index in [2.05, 4.69) is 0 Å². The molecule has 0 amide bonds. The van der Waals surface area contributed by atoms with E-state index in [4.69, 9.17) is 4.84 Å². The molecule has 13 heavy (non-hydrogen) atoms. The fourth-order valence-electron chi connectivity index (χ4n) is 1.48. The fourth-order valence-corrected chi connectivity index (χ4v) is 1.48. The van der Waals surface area contributed by atoms with Gasteiger partial charge in [0.15, 0.2) is 0 Å². The van der Waals surface area contributed by atoms with Gasteiger partial charge >= 0.3 is 5.97 Å². The molecule has 0 radical (unpaired) electrons. The first-order valence-electron chi connectivity index (χ1n) is 4.83. The van der Waals surface area contributed by atoms with Crippen LogP contribution >= 0.6 is 12.4 Å². The van der Waals surface area contributed by atoms with Gasteiger partial charge in [-0.15, -0.1) is 17.5 Å². The normalized spacial score (nSPS) is 23.4. The molecule has 0 aromatic carbocycles. The van der Waals surface area contributed by atoms with Crippen molar-refractivity contribution in [3.63, 3.8) is 0 Å². The third-order valence-corrected chi connectivity index (χ3v) is 2.44. The van der Waals surface area contributed by atoms with Gasteiger partial charge in [-0.3, -0.25) is 4.79 Å². The first kappa shape index (κ1) is 10.8. The summed E-state index contributed by atoms with van der Waals surface area (Å²) < 4.78 is 0. The maximum absolute atomic E-state index is 11.2. The van der Waals surface area contributed by atoms with Gasteiger partial charge in [0.1, 0.15) is 0 Å². The molecule has 2 rings (SSSR count). The molecule has 0 unspecified atom stereocenters. The van der Waals surface area contributed by atoms with Crippen molar-refractivity contribution in [1.29, 1.82) is 0 Å². The zero-order valence-electron chi connectivity index (χ0n) is 7.70. The number of rotatable bonds is 2. The van der Waals surface area contributed by atoms with Crippen LogP contribution in [-0.2, 0) is 9.63 Å². The van der Waals surface area contributed by atoms with E-state index in [0.29, 0.717) is 0 Å². The smallest absolute Gasteiger partial charge is 0.328 e. The van der Waals surface area contributed by atoms with Crippen LogP contribution in [0.3, 0.4) is 0 Å². The van der Waals surface area contributed by atoms with Crippen LogP contribution in [0.1, 0.15) is 32.1 Å². The Morgan fingerprint density at radius 3 is 2.31 bits per heavy atom. The Hall–Kier alpha value is -0.280. The summed E-state index contributed by atoms with van der Waals surface area (Å²) in [6.07, 6.45) is 5.67. The molecule has 3 nitrogen and oxygen atoms in total. The molecule has 0 atom stereocenters. The van der Waals surface area contributed by atoms with E-state index in [1.807, 2.05) is 5.06 Å². The molecule has 0 spiro atoms. The maximum Gasteiger partial charge on any atom is 0.328 e. The summed E-state index contributed by atoms with van der Waals surface area (Å²) >= 11 is 0. The van der Waals surface area contributed by atoms with Crippen molar-refractivity contribution >= 4 is 18.4 Å². The number of hydrogen-bond donors (Lipinski definition) is 0. The van der Waals surface area contributed by atoms with Gasteiger partial charge in [-0.1, -0.05) is 6.42 Å². The second-order valence-corrected chi connectivity index (χ2v) is 3.67. The van der Waals surface area contributed by atoms with Gasteiger partial charge in [0, 0.05) is 13.1 Å². The summed E-state index contributed by atoms with van der Waals surface area (Å²) in [5.74, 6) is 0.226. The molecule has 0 bridgehead atoms. The average molecular weight is 206 g/mol. The maximum atomic E-state index is 11.2. The zero-order valence-corrected chi connectivity index (χ0v) is 8.52. The quantitative estimate of drug-likeness (QED) is 0.688. The van der Waals surface area contributed by atoms with Gasteiger partial charge in [0.2, 0.25) is 0 Å². The molecular formula is C9H16ClNO2. The van der Waals surface area contributed by atoms with Crippen molar-refractivity contribution in [3.8, 4) is 0 Å². The number of carbonyl (C=O) groups excluding carboxylic acids is 1. The van der Waals surface area contributed by atoms with Crippen molar-refractivity contribution in [2.24, 2.45) is 5.92 Å². The zero-order chi connectivity index (χ0) is 8.39. The summed E-state index contributed by atoms with van der Waals surface area (Å²) in [5.41, 5.74) is 0. The third-order valence-electron chi connectivity index (χ3n) is 2.44. The Morgan fingerprint density at radius 1 is 1.15 bits per heavy atom. The van der Waals surface area contributed by atoms with E-state index in [1.54, 1.807) is 0 Å². The van der Waals surface area contributed by atoms with Crippen LogP contribution in [0.2, 0.25) is 0 Å². The molecule has 4 heteroatoms. The highest BCUT2D eigenvalue weighted by Gasteiger charge is 2.33. The van der Waals surface area contributed by atoms with Gasteiger partial charge in [-0.2, -0.15) is 0 Å². The lowest BCUT2D eigenvalue weighted by molar-refractivity contribution is -0.196. The summed E-state index contributed by atoms with van der Waals surface area (Å²) in [5, 5.41) is 1.82. The molecule has 1 aliphatic carbocycles. The second kappa shape index (κ2) is 4.82. The fraction of sp³-hybridized carbons (Fsp3) is 0.889. The predicted octanol–water partition coefficient (Wildman–Crippen LogP) is 1.76. The van der Waals surface area contributed by atoms with Gasteiger partial charge in [0.05, 0.1) is 5.92 Å². The number of nitrogens with zero attached hydrogens (tertiary/aromatic N) is 1. The Labute approximate surface area is 84.8 Å². The second-order valence-electron chi connectivity index (χ2n) is 3.67. The van der Waals surface area contributed by atoms with Crippen LogP contribution in [-0.4, -0.2) is 24.1 Å². The van der Waals surface area contributed by atoms with Crippen LogP contribution in [0.15, 0.2) is 0 Å². The number of hydrogen-bond acceptors (Lipinski definition) is 3. The highest BCUT2D eigenvalue weighted by molar-refractivity contribution is 5.85. The van der Waals surface area contributed by atoms with Crippen molar-refractivity contribution in [3.05, 3.63) is 0 Å². The lowest BCUT2D eigenvalue weighted by Crippen LogP contribution is -2.32. The topological polar surface area (TPSA) is 29.5 Å². The Morgan fingerprint density at radius 2 is 1.77 bits per heavy atom. The Balaban J connectivity index is 0.000000845. The number of carbonyl (C=O) groups is 1. The Bertz CT molecular complexity index is 176. The highest BCUT2D eigenvalue weighted by Crippen LogP contribution is 2.30. The molecule has 0 N–H and O–H groups in total.